The van der Waals surface area contributed by atoms with Gasteiger partial charge in [-0.05, 0) is 48.4 Å². The summed E-state index contributed by atoms with van der Waals surface area (Å²) in [5, 5.41) is 9.99. The third-order valence-corrected chi connectivity index (χ3v) is 7.57. The number of phenolic OH excluding ortho intramolecular Hbond substituents is 1. The molecule has 0 fully saturated rings. The number of benzene rings is 3. The number of thiazole rings is 1. The Morgan fingerprint density at radius 3 is 2.70 bits per heavy atom. The zero-order valence-corrected chi connectivity index (χ0v) is 22.4. The number of carbonyl (C=O) groups excluding carboxylic acids is 1. The van der Waals surface area contributed by atoms with Gasteiger partial charge >= 0.3 is 5.97 Å². The Morgan fingerprint density at radius 2 is 1.93 bits per heavy atom. The van der Waals surface area contributed by atoms with E-state index in [1.807, 2.05) is 36.4 Å². The first-order chi connectivity index (χ1) is 19.5. The summed E-state index contributed by atoms with van der Waals surface area (Å²) < 4.78 is 23.8. The van der Waals surface area contributed by atoms with E-state index in [2.05, 4.69) is 0 Å². The second kappa shape index (κ2) is 10.4. The first-order valence-corrected chi connectivity index (χ1v) is 13.3. The number of carbonyl (C=O) groups is 1. The van der Waals surface area contributed by atoms with Crippen LogP contribution in [-0.4, -0.2) is 36.2 Å². The van der Waals surface area contributed by atoms with E-state index in [1.54, 1.807) is 37.3 Å². The van der Waals surface area contributed by atoms with Gasteiger partial charge in [-0.2, -0.15) is 0 Å². The summed E-state index contributed by atoms with van der Waals surface area (Å²) in [5.74, 6) is 0.830. The number of hydrogen-bond donors (Lipinski definition) is 1. The third kappa shape index (κ3) is 4.42. The Hall–Kier alpha value is -4.83. The smallest absolute Gasteiger partial charge is 0.338 e. The monoisotopic (exact) mass is 556 g/mol. The number of hydrogen-bond acceptors (Lipinski definition) is 9. The van der Waals surface area contributed by atoms with Gasteiger partial charge in [0.2, 0.25) is 6.79 Å². The molecule has 0 saturated heterocycles. The summed E-state index contributed by atoms with van der Waals surface area (Å²) in [6.07, 6.45) is 1.71. The lowest BCUT2D eigenvalue weighted by Gasteiger charge is -2.26. The normalized spacial score (nSPS) is 15.9. The van der Waals surface area contributed by atoms with Crippen LogP contribution in [-0.2, 0) is 9.53 Å². The number of esters is 1. The van der Waals surface area contributed by atoms with Crippen LogP contribution in [0.1, 0.15) is 29.7 Å². The maximum Gasteiger partial charge on any atom is 0.338 e. The minimum atomic E-state index is -0.837. The highest BCUT2D eigenvalue weighted by Gasteiger charge is 2.36. The van der Waals surface area contributed by atoms with Crippen molar-refractivity contribution in [3.63, 3.8) is 0 Å². The first kappa shape index (κ1) is 25.4. The van der Waals surface area contributed by atoms with Crippen LogP contribution in [0.5, 0.6) is 23.0 Å². The van der Waals surface area contributed by atoms with Crippen molar-refractivity contribution < 1.29 is 28.8 Å². The van der Waals surface area contributed by atoms with Gasteiger partial charge in [0.25, 0.3) is 5.56 Å². The molecule has 0 aliphatic carbocycles. The van der Waals surface area contributed by atoms with Crippen LogP contribution in [0, 0.1) is 0 Å². The van der Waals surface area contributed by atoms with Crippen LogP contribution in [0.25, 0.3) is 11.8 Å². The van der Waals surface area contributed by atoms with Crippen LogP contribution >= 0.6 is 11.3 Å². The molecule has 6 rings (SSSR count). The van der Waals surface area contributed by atoms with Crippen molar-refractivity contribution in [2.45, 2.75) is 13.0 Å². The minimum absolute atomic E-state index is 0.00417. The predicted octanol–water partition coefficient (Wildman–Crippen LogP) is 3.38. The molecule has 202 valence electrons. The molecule has 1 aromatic heterocycles. The van der Waals surface area contributed by atoms with Crippen LogP contribution in [0.3, 0.4) is 0 Å². The van der Waals surface area contributed by atoms with E-state index in [1.165, 1.54) is 29.1 Å². The Morgan fingerprint density at radius 1 is 1.12 bits per heavy atom. The van der Waals surface area contributed by atoms with Gasteiger partial charge in [0.1, 0.15) is 0 Å². The van der Waals surface area contributed by atoms with E-state index < -0.39 is 12.0 Å². The summed E-state index contributed by atoms with van der Waals surface area (Å²) in [6, 6.07) is 18.7. The fraction of sp³-hybridized carbons (Fsp3) is 0.167. The van der Waals surface area contributed by atoms with Gasteiger partial charge in [-0.3, -0.25) is 9.36 Å². The van der Waals surface area contributed by atoms with E-state index in [9.17, 15) is 14.7 Å². The molecular formula is C30H24N2O7S. The van der Waals surface area contributed by atoms with Gasteiger partial charge in [-0.25, -0.2) is 9.79 Å². The number of methoxy groups -OCH3 is 1. The number of aromatic nitrogens is 1. The molecular weight excluding hydrogens is 532 g/mol. The molecule has 0 saturated carbocycles. The number of rotatable bonds is 6. The Labute approximate surface area is 232 Å². The van der Waals surface area contributed by atoms with E-state index >= 15 is 0 Å². The van der Waals surface area contributed by atoms with Gasteiger partial charge in [-0.1, -0.05) is 53.8 Å². The number of phenols is 1. The number of aromatic hydroxyl groups is 1. The highest BCUT2D eigenvalue weighted by Crippen LogP contribution is 2.40. The molecule has 10 heteroatoms. The largest absolute Gasteiger partial charge is 0.504 e. The summed E-state index contributed by atoms with van der Waals surface area (Å²) in [7, 11) is 1.46. The molecule has 40 heavy (non-hydrogen) atoms. The lowest BCUT2D eigenvalue weighted by Crippen LogP contribution is -2.40. The van der Waals surface area contributed by atoms with Crippen molar-refractivity contribution >= 4 is 29.1 Å². The SMILES string of the molecule is CCOC(=O)C1=C(c2ccccc2)N=c2s/c(=C/c3ccc(O)c(OC)c3)c(=O)n2C1c1ccc2c(c1)OCO2. The molecule has 0 spiro atoms. The molecule has 3 aromatic carbocycles. The number of nitrogens with zero attached hydrogens (tertiary/aromatic N) is 2. The van der Waals surface area contributed by atoms with Crippen molar-refractivity contribution in [3.8, 4) is 23.0 Å². The molecule has 0 amide bonds. The Bertz CT molecular complexity index is 1840. The van der Waals surface area contributed by atoms with Crippen molar-refractivity contribution in [1.82, 2.24) is 4.57 Å². The van der Waals surface area contributed by atoms with Gasteiger partial charge < -0.3 is 24.1 Å². The highest BCUT2D eigenvalue weighted by atomic mass is 32.1. The van der Waals surface area contributed by atoms with Gasteiger partial charge in [0, 0.05) is 5.56 Å². The zero-order valence-electron chi connectivity index (χ0n) is 21.6. The maximum absolute atomic E-state index is 14.0. The Balaban J connectivity index is 1.63. The molecule has 9 nitrogen and oxygen atoms in total. The average molecular weight is 557 g/mol. The minimum Gasteiger partial charge on any atom is -0.504 e. The van der Waals surface area contributed by atoms with Crippen molar-refractivity contribution in [3.05, 3.63) is 109 Å². The molecule has 2 aliphatic rings. The summed E-state index contributed by atoms with van der Waals surface area (Å²) in [5.41, 5.74) is 2.38. The maximum atomic E-state index is 14.0. The lowest BCUT2D eigenvalue weighted by molar-refractivity contribution is -0.138. The van der Waals surface area contributed by atoms with Crippen LogP contribution in [0.2, 0.25) is 0 Å². The quantitative estimate of drug-likeness (QED) is 0.363. The van der Waals surface area contributed by atoms with Crippen molar-refractivity contribution in [2.75, 3.05) is 20.5 Å². The molecule has 1 N–H and O–H groups in total. The first-order valence-electron chi connectivity index (χ1n) is 12.5. The lowest BCUT2D eigenvalue weighted by atomic mass is 9.93. The summed E-state index contributed by atoms with van der Waals surface area (Å²) in [4.78, 5) is 32.8. The second-order valence-electron chi connectivity index (χ2n) is 8.98. The van der Waals surface area contributed by atoms with Crippen LogP contribution in [0.4, 0.5) is 0 Å². The predicted molar refractivity (Wildman–Crippen MR) is 148 cm³/mol. The highest BCUT2D eigenvalue weighted by molar-refractivity contribution is 7.07. The zero-order chi connectivity index (χ0) is 27.8. The molecule has 1 atom stereocenters. The molecule has 0 radical (unpaired) electrons. The molecule has 4 aromatic rings. The number of ether oxygens (including phenoxy) is 4. The van der Waals surface area contributed by atoms with E-state index in [0.29, 0.717) is 37.7 Å². The molecule has 1 unspecified atom stereocenters. The fourth-order valence-corrected chi connectivity index (χ4v) is 5.78. The second-order valence-corrected chi connectivity index (χ2v) is 9.98. The van der Waals surface area contributed by atoms with Crippen LogP contribution < -0.4 is 29.1 Å². The van der Waals surface area contributed by atoms with E-state index in [-0.39, 0.29) is 36.0 Å². The van der Waals surface area contributed by atoms with E-state index in [0.717, 1.165) is 5.56 Å². The van der Waals surface area contributed by atoms with Crippen molar-refractivity contribution in [1.29, 1.82) is 0 Å². The van der Waals surface area contributed by atoms with Gasteiger partial charge in [-0.15, -0.1) is 0 Å². The summed E-state index contributed by atoms with van der Waals surface area (Å²) >= 11 is 1.21. The topological polar surface area (TPSA) is 109 Å². The van der Waals surface area contributed by atoms with Crippen LogP contribution in [0.15, 0.2) is 82.1 Å². The molecule has 0 bridgehead atoms. The van der Waals surface area contributed by atoms with Crippen molar-refractivity contribution in [2.24, 2.45) is 4.99 Å². The molecule has 3 heterocycles. The van der Waals surface area contributed by atoms with E-state index in [4.69, 9.17) is 23.9 Å². The fourth-order valence-electron chi connectivity index (χ4n) is 4.77. The summed E-state index contributed by atoms with van der Waals surface area (Å²) in [6.45, 7) is 1.98. The average Bonchev–Trinajstić information content (AvgIpc) is 3.57. The molecule has 2 aliphatic heterocycles. The van der Waals surface area contributed by atoms with Gasteiger partial charge in [0.05, 0.1) is 35.6 Å². The third-order valence-electron chi connectivity index (χ3n) is 6.59. The standard InChI is InChI=1S/C30H24N2O7S/c1-3-37-29(35)25-26(18-7-5-4-6-8-18)31-30-32(27(25)19-10-12-21-23(15-19)39-16-38-21)28(34)24(40-30)14-17-9-11-20(33)22(13-17)36-2/h4-15,27,33H,3,16H2,1-2H3/b24-14+. The van der Waals surface area contributed by atoms with Gasteiger partial charge in [0.15, 0.2) is 27.8 Å². The number of fused-ring (bicyclic) bond motifs is 2. The Kier molecular flexibility index (Phi) is 6.61.